The maximum atomic E-state index is 11.3. The van der Waals surface area contributed by atoms with Gasteiger partial charge in [-0.1, -0.05) is 5.11 Å². The molecule has 8 heteroatoms. The van der Waals surface area contributed by atoms with E-state index in [2.05, 4.69) is 15.3 Å². The lowest BCUT2D eigenvalue weighted by atomic mass is 10.2. The molecule has 0 saturated heterocycles. The van der Waals surface area contributed by atoms with Gasteiger partial charge < -0.3 is 15.2 Å². The summed E-state index contributed by atoms with van der Waals surface area (Å²) >= 11 is 0. The van der Waals surface area contributed by atoms with Crippen LogP contribution in [-0.4, -0.2) is 35.4 Å². The van der Waals surface area contributed by atoms with Crippen molar-refractivity contribution in [2.75, 3.05) is 6.54 Å². The number of carboxylic acids is 1. The second-order valence-corrected chi connectivity index (χ2v) is 4.28. The van der Waals surface area contributed by atoms with E-state index in [1.54, 1.807) is 20.8 Å². The maximum Gasteiger partial charge on any atom is 0.408 e. The first-order valence-corrected chi connectivity index (χ1v) is 4.99. The van der Waals surface area contributed by atoms with Crippen molar-refractivity contribution in [3.05, 3.63) is 10.4 Å². The Balaban J connectivity index is 4.30. The number of nitrogens with zero attached hydrogens (tertiary/aromatic N) is 3. The van der Waals surface area contributed by atoms with Crippen LogP contribution in [0.15, 0.2) is 5.11 Å². The molecule has 1 amide bonds. The minimum atomic E-state index is -1.20. The van der Waals surface area contributed by atoms with E-state index >= 15 is 0 Å². The Bertz CT molecular complexity index is 330. The zero-order valence-electron chi connectivity index (χ0n) is 10.0. The fourth-order valence-corrected chi connectivity index (χ4v) is 0.939. The van der Waals surface area contributed by atoms with E-state index in [0.29, 0.717) is 0 Å². The number of carboxylic acid groups (broad SMARTS) is 1. The van der Waals surface area contributed by atoms with Crippen LogP contribution in [0.3, 0.4) is 0 Å². The molecule has 0 rings (SSSR count). The maximum absolute atomic E-state index is 11.3. The average Bonchev–Trinajstić information content (AvgIpc) is 2.13. The molecule has 0 radical (unpaired) electrons. The van der Waals surface area contributed by atoms with Gasteiger partial charge in [-0.25, -0.2) is 9.59 Å². The highest BCUT2D eigenvalue weighted by molar-refractivity contribution is 5.79. The van der Waals surface area contributed by atoms with Gasteiger partial charge in [0, 0.05) is 11.5 Å². The van der Waals surface area contributed by atoms with Crippen LogP contribution >= 0.6 is 0 Å². The Morgan fingerprint density at radius 1 is 1.53 bits per heavy atom. The van der Waals surface area contributed by atoms with Crippen molar-refractivity contribution in [1.29, 1.82) is 0 Å². The van der Waals surface area contributed by atoms with E-state index in [9.17, 15) is 9.59 Å². The van der Waals surface area contributed by atoms with Crippen molar-refractivity contribution in [3.63, 3.8) is 0 Å². The number of amides is 1. The molecule has 0 heterocycles. The number of carbonyl (C=O) groups excluding carboxylic acids is 1. The van der Waals surface area contributed by atoms with Crippen LogP contribution in [0.5, 0.6) is 0 Å². The number of alkyl carbamates (subject to hydrolysis) is 1. The SMILES string of the molecule is CC(C)(C)OC(=O)N[C@@H](CCN=[N+]=[N-])C(=O)O. The molecule has 0 aromatic rings. The molecule has 0 spiro atoms. The van der Waals surface area contributed by atoms with Gasteiger partial charge in [0.25, 0.3) is 0 Å². The third kappa shape index (κ3) is 7.92. The zero-order chi connectivity index (χ0) is 13.5. The number of carbonyl (C=O) groups is 2. The van der Waals surface area contributed by atoms with Crippen molar-refractivity contribution in [3.8, 4) is 0 Å². The van der Waals surface area contributed by atoms with Gasteiger partial charge in [0.1, 0.15) is 11.6 Å². The molecule has 96 valence electrons. The predicted octanol–water partition coefficient (Wildman–Crippen LogP) is 1.66. The third-order valence-electron chi connectivity index (χ3n) is 1.57. The van der Waals surface area contributed by atoms with Crippen LogP contribution < -0.4 is 5.32 Å². The lowest BCUT2D eigenvalue weighted by molar-refractivity contribution is -0.139. The smallest absolute Gasteiger partial charge is 0.408 e. The van der Waals surface area contributed by atoms with Gasteiger partial charge in [0.15, 0.2) is 0 Å². The van der Waals surface area contributed by atoms with Gasteiger partial charge in [0.05, 0.1) is 0 Å². The van der Waals surface area contributed by atoms with Gasteiger partial charge in [-0.15, -0.1) is 0 Å². The Labute approximate surface area is 98.6 Å². The first-order chi connectivity index (χ1) is 7.76. The largest absolute Gasteiger partial charge is 0.480 e. The number of ether oxygens (including phenoxy) is 1. The highest BCUT2D eigenvalue weighted by Gasteiger charge is 2.23. The molecule has 0 aliphatic carbocycles. The minimum Gasteiger partial charge on any atom is -0.480 e. The molecule has 8 nitrogen and oxygen atoms in total. The lowest BCUT2D eigenvalue weighted by Gasteiger charge is -2.21. The van der Waals surface area contributed by atoms with E-state index in [1.807, 2.05) is 0 Å². The molecule has 0 aliphatic heterocycles. The van der Waals surface area contributed by atoms with Crippen LogP contribution in [0.1, 0.15) is 27.2 Å². The Morgan fingerprint density at radius 3 is 2.53 bits per heavy atom. The van der Waals surface area contributed by atoms with Gasteiger partial charge in [-0.05, 0) is 32.7 Å². The molecule has 0 unspecified atom stereocenters. The van der Waals surface area contributed by atoms with Crippen molar-refractivity contribution < 1.29 is 19.4 Å². The molecule has 2 N–H and O–H groups in total. The summed E-state index contributed by atoms with van der Waals surface area (Å²) in [4.78, 5) is 24.6. The highest BCUT2D eigenvalue weighted by Crippen LogP contribution is 2.07. The average molecular weight is 244 g/mol. The molecule has 17 heavy (non-hydrogen) atoms. The Morgan fingerprint density at radius 2 is 2.12 bits per heavy atom. The summed E-state index contributed by atoms with van der Waals surface area (Å²) in [6.45, 7) is 5.00. The Hall–Kier alpha value is -1.95. The number of aliphatic carboxylic acids is 1. The van der Waals surface area contributed by atoms with E-state index in [0.717, 1.165) is 0 Å². The summed E-state index contributed by atoms with van der Waals surface area (Å²) in [5.74, 6) is -1.20. The molecule has 1 atom stereocenters. The van der Waals surface area contributed by atoms with Crippen molar-refractivity contribution in [2.24, 2.45) is 5.11 Å². The topological polar surface area (TPSA) is 124 Å². The number of azide groups is 1. The van der Waals surface area contributed by atoms with Crippen LogP contribution in [0.2, 0.25) is 0 Å². The summed E-state index contributed by atoms with van der Waals surface area (Å²) in [5, 5.41) is 14.2. The molecule has 0 aliphatic rings. The van der Waals surface area contributed by atoms with Crippen LogP contribution in [0.4, 0.5) is 4.79 Å². The summed E-state index contributed by atoms with van der Waals surface area (Å²) < 4.78 is 4.91. The predicted molar refractivity (Wildman–Crippen MR) is 59.4 cm³/mol. The monoisotopic (exact) mass is 244 g/mol. The van der Waals surface area contributed by atoms with E-state index in [1.165, 1.54) is 0 Å². The highest BCUT2D eigenvalue weighted by atomic mass is 16.6. The quantitative estimate of drug-likeness (QED) is 0.433. The summed E-state index contributed by atoms with van der Waals surface area (Å²) in [6, 6.07) is -1.13. The fraction of sp³-hybridized carbons (Fsp3) is 0.778. The Kier molecular flexibility index (Phi) is 5.84. The van der Waals surface area contributed by atoms with Gasteiger partial charge in [-0.3, -0.25) is 0 Å². The molecular formula is C9H16N4O4. The second-order valence-electron chi connectivity index (χ2n) is 4.28. The first kappa shape index (κ1) is 15.0. The van der Waals surface area contributed by atoms with E-state index in [-0.39, 0.29) is 13.0 Å². The third-order valence-corrected chi connectivity index (χ3v) is 1.57. The standard InChI is InChI=1S/C9H16N4O4/c1-9(2,3)17-8(16)12-6(7(14)15)4-5-11-13-10/h6H,4-5H2,1-3H3,(H,12,16)(H,14,15)/t6-/m0/s1. The molecular weight excluding hydrogens is 228 g/mol. The minimum absolute atomic E-state index is 0.0107. The van der Waals surface area contributed by atoms with Crippen LogP contribution in [0, 0.1) is 0 Å². The molecule has 0 saturated carbocycles. The van der Waals surface area contributed by atoms with Crippen molar-refractivity contribution in [2.45, 2.75) is 38.8 Å². The first-order valence-electron chi connectivity index (χ1n) is 4.99. The number of hydrogen-bond acceptors (Lipinski definition) is 4. The summed E-state index contributed by atoms with van der Waals surface area (Å²) in [6.07, 6.45) is -0.802. The fourth-order valence-electron chi connectivity index (χ4n) is 0.939. The summed E-state index contributed by atoms with van der Waals surface area (Å²) in [7, 11) is 0. The summed E-state index contributed by atoms with van der Waals surface area (Å²) in [5.41, 5.74) is 7.35. The molecule has 0 fully saturated rings. The van der Waals surface area contributed by atoms with Gasteiger partial charge in [0.2, 0.25) is 0 Å². The lowest BCUT2D eigenvalue weighted by Crippen LogP contribution is -2.43. The van der Waals surface area contributed by atoms with Crippen LogP contribution in [0.25, 0.3) is 10.4 Å². The van der Waals surface area contributed by atoms with E-state index in [4.69, 9.17) is 15.4 Å². The molecule has 0 aromatic carbocycles. The van der Waals surface area contributed by atoms with Crippen LogP contribution in [-0.2, 0) is 9.53 Å². The number of rotatable bonds is 5. The number of nitrogens with one attached hydrogen (secondary N) is 1. The second kappa shape index (κ2) is 6.59. The van der Waals surface area contributed by atoms with E-state index < -0.39 is 23.7 Å². The van der Waals surface area contributed by atoms with Crippen molar-refractivity contribution >= 4 is 12.1 Å². The molecule has 0 bridgehead atoms. The van der Waals surface area contributed by atoms with Crippen molar-refractivity contribution in [1.82, 2.24) is 5.32 Å². The normalized spacial score (nSPS) is 12.2. The van der Waals surface area contributed by atoms with Gasteiger partial charge in [-0.2, -0.15) is 0 Å². The van der Waals surface area contributed by atoms with Gasteiger partial charge >= 0.3 is 12.1 Å². The molecule has 0 aromatic heterocycles. The number of hydrogen-bond donors (Lipinski definition) is 2. The zero-order valence-corrected chi connectivity index (χ0v) is 10.0.